The molecule has 10 heteroatoms. The first-order valence-corrected chi connectivity index (χ1v) is 13.6. The summed E-state index contributed by atoms with van der Waals surface area (Å²) in [5, 5.41) is 2.98. The van der Waals surface area contributed by atoms with Crippen LogP contribution in [0.3, 0.4) is 0 Å². The molecule has 1 N–H and O–H groups in total. The van der Waals surface area contributed by atoms with Gasteiger partial charge in [0.25, 0.3) is 0 Å². The van der Waals surface area contributed by atoms with Crippen LogP contribution in [0.1, 0.15) is 51.9 Å². The van der Waals surface area contributed by atoms with E-state index in [1.54, 1.807) is 35.5 Å². The number of unbranched alkanes of at least 4 members (excludes halogenated alkanes) is 2. The van der Waals surface area contributed by atoms with Crippen LogP contribution in [0.4, 0.5) is 4.79 Å². The molecule has 34 heavy (non-hydrogen) atoms. The topological polar surface area (TPSA) is 105 Å². The first kappa shape index (κ1) is 26.3. The molecular weight excluding hydrogens is 458 g/mol. The van der Waals surface area contributed by atoms with Gasteiger partial charge in [-0.3, -0.25) is 4.79 Å². The van der Waals surface area contributed by atoms with Crippen LogP contribution in [-0.2, 0) is 19.6 Å². The molecule has 2 amide bonds. The van der Waals surface area contributed by atoms with Gasteiger partial charge in [0.1, 0.15) is 5.75 Å². The monoisotopic (exact) mass is 495 g/mol. The second-order valence-electron chi connectivity index (χ2n) is 9.10. The van der Waals surface area contributed by atoms with Crippen molar-refractivity contribution in [2.75, 3.05) is 46.4 Å². The molecule has 1 aromatic carbocycles. The molecule has 2 saturated heterocycles. The number of amides is 2. The third kappa shape index (κ3) is 6.63. The average molecular weight is 496 g/mol. The van der Waals surface area contributed by atoms with Crippen molar-refractivity contribution < 1.29 is 27.5 Å². The van der Waals surface area contributed by atoms with Gasteiger partial charge in [0.2, 0.25) is 10.0 Å². The molecule has 0 atom stereocenters. The van der Waals surface area contributed by atoms with Crippen molar-refractivity contribution in [1.29, 1.82) is 0 Å². The van der Waals surface area contributed by atoms with Crippen LogP contribution in [0.2, 0.25) is 0 Å². The fraction of sp³-hybridized carbons (Fsp3) is 0.667. The van der Waals surface area contributed by atoms with Crippen LogP contribution in [0, 0.1) is 5.41 Å². The number of likely N-dealkylation sites (tertiary alicyclic amines) is 1. The lowest BCUT2D eigenvalue weighted by Gasteiger charge is -2.38. The maximum absolute atomic E-state index is 13.1. The number of carbonyl (C=O) groups excluding carboxylic acids is 2. The van der Waals surface area contributed by atoms with E-state index in [1.807, 2.05) is 4.90 Å². The number of hydrogen-bond acceptors (Lipinski definition) is 6. The summed E-state index contributed by atoms with van der Waals surface area (Å²) in [6.45, 7) is 5.04. The van der Waals surface area contributed by atoms with Gasteiger partial charge in [-0.05, 0) is 56.6 Å². The Morgan fingerprint density at radius 1 is 1.09 bits per heavy atom. The highest BCUT2D eigenvalue weighted by Gasteiger charge is 2.44. The Bertz CT molecular complexity index is 944. The van der Waals surface area contributed by atoms with E-state index >= 15 is 0 Å². The summed E-state index contributed by atoms with van der Waals surface area (Å²) >= 11 is 0. The van der Waals surface area contributed by atoms with Gasteiger partial charge < -0.3 is 19.7 Å². The van der Waals surface area contributed by atoms with Gasteiger partial charge in [-0.15, -0.1) is 0 Å². The van der Waals surface area contributed by atoms with E-state index in [0.29, 0.717) is 51.5 Å². The van der Waals surface area contributed by atoms with Crippen LogP contribution < -0.4 is 10.1 Å². The second kappa shape index (κ2) is 11.9. The predicted octanol–water partition coefficient (Wildman–Crippen LogP) is 3.00. The Balaban J connectivity index is 1.41. The molecule has 2 heterocycles. The molecule has 0 saturated carbocycles. The van der Waals surface area contributed by atoms with Gasteiger partial charge in [0.15, 0.2) is 0 Å². The van der Waals surface area contributed by atoms with Gasteiger partial charge in [-0.2, -0.15) is 4.31 Å². The lowest BCUT2D eigenvalue weighted by Crippen LogP contribution is -2.45. The fourth-order valence-corrected chi connectivity index (χ4v) is 6.22. The van der Waals surface area contributed by atoms with Crippen LogP contribution in [0.15, 0.2) is 29.2 Å². The highest BCUT2D eigenvalue weighted by Crippen LogP contribution is 2.41. The van der Waals surface area contributed by atoms with Crippen molar-refractivity contribution in [2.45, 2.75) is 56.8 Å². The Labute approximate surface area is 202 Å². The summed E-state index contributed by atoms with van der Waals surface area (Å²) in [6, 6.07) is 6.50. The van der Waals surface area contributed by atoms with Gasteiger partial charge in [-0.1, -0.05) is 12.5 Å². The van der Waals surface area contributed by atoms with Crippen molar-refractivity contribution in [3.8, 4) is 5.75 Å². The zero-order valence-corrected chi connectivity index (χ0v) is 21.1. The van der Waals surface area contributed by atoms with Crippen molar-refractivity contribution in [3.05, 3.63) is 24.3 Å². The molecule has 0 aliphatic carbocycles. The van der Waals surface area contributed by atoms with Gasteiger partial charge in [0.05, 0.1) is 18.6 Å². The number of benzene rings is 1. The average Bonchev–Trinajstić information content (AvgIpc) is 3.25. The molecular formula is C24H37N3O6S. The van der Waals surface area contributed by atoms with E-state index in [2.05, 4.69) is 5.32 Å². The lowest BCUT2D eigenvalue weighted by atomic mass is 9.78. The van der Waals surface area contributed by atoms with E-state index in [1.165, 1.54) is 7.11 Å². The molecule has 2 aliphatic heterocycles. The summed E-state index contributed by atoms with van der Waals surface area (Å²) in [4.78, 5) is 26.0. The maximum Gasteiger partial charge on any atom is 0.317 e. The van der Waals surface area contributed by atoms with Crippen LogP contribution >= 0.6 is 0 Å². The maximum atomic E-state index is 13.1. The van der Waals surface area contributed by atoms with E-state index in [-0.39, 0.29) is 22.3 Å². The van der Waals surface area contributed by atoms with Crippen molar-refractivity contribution in [1.82, 2.24) is 14.5 Å². The van der Waals surface area contributed by atoms with Gasteiger partial charge >= 0.3 is 12.0 Å². The van der Waals surface area contributed by atoms with E-state index in [4.69, 9.17) is 9.47 Å². The quantitative estimate of drug-likeness (QED) is 0.395. The number of methoxy groups -OCH3 is 1. The first-order valence-electron chi connectivity index (χ1n) is 12.1. The molecule has 9 nitrogen and oxygen atoms in total. The summed E-state index contributed by atoms with van der Waals surface area (Å²) in [7, 11) is -2.05. The summed E-state index contributed by atoms with van der Waals surface area (Å²) in [6.07, 6.45) is 5.24. The van der Waals surface area contributed by atoms with Crippen molar-refractivity contribution >= 4 is 22.0 Å². The van der Waals surface area contributed by atoms with E-state index in [9.17, 15) is 18.0 Å². The first-order chi connectivity index (χ1) is 16.3. The number of sulfonamides is 1. The molecule has 2 fully saturated rings. The molecule has 0 aromatic heterocycles. The van der Waals surface area contributed by atoms with Crippen molar-refractivity contribution in [3.63, 3.8) is 0 Å². The van der Waals surface area contributed by atoms with Crippen LogP contribution in [0.5, 0.6) is 5.75 Å². The zero-order valence-electron chi connectivity index (χ0n) is 20.3. The minimum Gasteiger partial charge on any atom is -0.497 e. The Morgan fingerprint density at radius 3 is 2.53 bits per heavy atom. The van der Waals surface area contributed by atoms with E-state index < -0.39 is 10.0 Å². The smallest absolute Gasteiger partial charge is 0.317 e. The standard InChI is InChI=1S/C24H37N3O6S/c1-3-33-22(28)10-5-4-6-14-25-23(29)26-15-11-24(19-26)12-16-27(17-13-24)34(30,31)21-9-7-8-20(18-21)32-2/h7-9,18H,3-6,10-17,19H2,1-2H3,(H,25,29). The number of nitrogens with one attached hydrogen (secondary N) is 1. The minimum atomic E-state index is -3.57. The fourth-order valence-electron chi connectivity index (χ4n) is 4.74. The third-order valence-electron chi connectivity index (χ3n) is 6.83. The number of carbonyl (C=O) groups is 2. The number of nitrogens with zero attached hydrogens (tertiary/aromatic N) is 2. The van der Waals surface area contributed by atoms with E-state index in [0.717, 1.165) is 38.5 Å². The van der Waals surface area contributed by atoms with Gasteiger partial charge in [-0.25, -0.2) is 13.2 Å². The van der Waals surface area contributed by atoms with Crippen LogP contribution in [-0.4, -0.2) is 76.1 Å². The summed E-state index contributed by atoms with van der Waals surface area (Å²) in [5.74, 6) is 0.349. The highest BCUT2D eigenvalue weighted by molar-refractivity contribution is 7.89. The lowest BCUT2D eigenvalue weighted by molar-refractivity contribution is -0.143. The number of rotatable bonds is 10. The molecule has 1 aromatic rings. The second-order valence-corrected chi connectivity index (χ2v) is 11.0. The normalized spacial score (nSPS) is 18.1. The molecule has 0 bridgehead atoms. The predicted molar refractivity (Wildman–Crippen MR) is 128 cm³/mol. The zero-order chi connectivity index (χ0) is 24.6. The summed E-state index contributed by atoms with van der Waals surface area (Å²) in [5.41, 5.74) is -0.0165. The van der Waals surface area contributed by atoms with Crippen LogP contribution in [0.25, 0.3) is 0 Å². The number of hydrogen-bond donors (Lipinski definition) is 1. The number of urea groups is 1. The SMILES string of the molecule is CCOC(=O)CCCCCNC(=O)N1CCC2(CCN(S(=O)(=O)c3cccc(OC)c3)CC2)C1. The number of piperidine rings is 1. The Morgan fingerprint density at radius 2 is 1.82 bits per heavy atom. The number of ether oxygens (including phenoxy) is 2. The highest BCUT2D eigenvalue weighted by atomic mass is 32.2. The molecule has 2 aliphatic rings. The molecule has 190 valence electrons. The summed E-state index contributed by atoms with van der Waals surface area (Å²) < 4.78 is 37.8. The number of esters is 1. The molecule has 0 radical (unpaired) electrons. The van der Waals surface area contributed by atoms with Crippen molar-refractivity contribution in [2.24, 2.45) is 5.41 Å². The molecule has 1 spiro atoms. The third-order valence-corrected chi connectivity index (χ3v) is 8.72. The Kier molecular flexibility index (Phi) is 9.18. The Hall–Kier alpha value is -2.33. The molecule has 0 unspecified atom stereocenters. The largest absolute Gasteiger partial charge is 0.497 e. The molecule has 3 rings (SSSR count). The van der Waals surface area contributed by atoms with Gasteiger partial charge in [0, 0.05) is 45.2 Å². The minimum absolute atomic E-state index is 0.0165.